The Morgan fingerprint density at radius 1 is 1.38 bits per heavy atom. The van der Waals surface area contributed by atoms with E-state index >= 15 is 0 Å². The Kier molecular flexibility index (Phi) is 6.07. The number of rotatable bonds is 5. The number of hydrogen-bond acceptors (Lipinski definition) is 3. The van der Waals surface area contributed by atoms with Crippen LogP contribution in [0.15, 0.2) is 24.3 Å². The smallest absolute Gasteiger partial charge is 0.123 e. The van der Waals surface area contributed by atoms with E-state index in [-0.39, 0.29) is 0 Å². The molecule has 0 spiro atoms. The summed E-state index contributed by atoms with van der Waals surface area (Å²) in [5.41, 5.74) is 1.29. The highest BCUT2D eigenvalue weighted by atomic mass is 16.5. The van der Waals surface area contributed by atoms with Crippen molar-refractivity contribution in [3.63, 3.8) is 0 Å². The van der Waals surface area contributed by atoms with Crippen molar-refractivity contribution in [2.45, 2.75) is 52.2 Å². The van der Waals surface area contributed by atoms with Gasteiger partial charge in [0.05, 0.1) is 7.11 Å². The molecule has 1 aliphatic heterocycles. The van der Waals surface area contributed by atoms with Crippen LogP contribution in [-0.2, 0) is 6.54 Å². The molecule has 118 valence electrons. The molecule has 3 atom stereocenters. The highest BCUT2D eigenvalue weighted by molar-refractivity contribution is 5.33. The Hall–Kier alpha value is -1.06. The van der Waals surface area contributed by atoms with Crippen LogP contribution in [0.5, 0.6) is 5.75 Å². The molecule has 3 unspecified atom stereocenters. The molecule has 2 rings (SSSR count). The molecule has 0 aromatic heterocycles. The first-order valence-corrected chi connectivity index (χ1v) is 8.25. The average Bonchev–Trinajstić information content (AvgIpc) is 2.69. The largest absolute Gasteiger partial charge is 0.496 e. The maximum Gasteiger partial charge on any atom is 0.123 e. The number of ether oxygens (including phenoxy) is 1. The third-order valence-corrected chi connectivity index (χ3v) is 4.92. The lowest BCUT2D eigenvalue weighted by molar-refractivity contribution is 0.178. The molecule has 1 saturated heterocycles. The Balaban J connectivity index is 2.11. The second-order valence-electron chi connectivity index (χ2n) is 6.33. The first-order valence-electron chi connectivity index (χ1n) is 8.25. The summed E-state index contributed by atoms with van der Waals surface area (Å²) in [6, 6.07) is 9.58. The summed E-state index contributed by atoms with van der Waals surface area (Å²) >= 11 is 0. The van der Waals surface area contributed by atoms with Crippen LogP contribution < -0.4 is 10.1 Å². The van der Waals surface area contributed by atoms with Crippen LogP contribution in [0.25, 0.3) is 0 Å². The topological polar surface area (TPSA) is 24.5 Å². The standard InChI is InChI=1S/C18H30N2O/c1-5-14(2)17-13-20(15(3)10-11-19-17)12-16-8-6-7-9-18(16)21-4/h6-9,14-15,17,19H,5,10-13H2,1-4H3. The minimum Gasteiger partial charge on any atom is -0.496 e. The fourth-order valence-electron chi connectivity index (χ4n) is 3.10. The van der Waals surface area contributed by atoms with Gasteiger partial charge in [-0.3, -0.25) is 4.90 Å². The molecule has 0 radical (unpaired) electrons. The van der Waals surface area contributed by atoms with Crippen LogP contribution in [0.3, 0.4) is 0 Å². The molecule has 3 heteroatoms. The van der Waals surface area contributed by atoms with E-state index in [1.54, 1.807) is 7.11 Å². The summed E-state index contributed by atoms with van der Waals surface area (Å²) < 4.78 is 5.51. The molecular weight excluding hydrogens is 260 g/mol. The second-order valence-corrected chi connectivity index (χ2v) is 6.33. The van der Waals surface area contributed by atoms with E-state index in [9.17, 15) is 0 Å². The SMILES string of the molecule is CCC(C)C1CN(Cc2ccccc2OC)C(C)CCN1. The molecule has 1 aliphatic rings. The summed E-state index contributed by atoms with van der Waals surface area (Å²) in [7, 11) is 1.76. The molecule has 0 amide bonds. The number of benzene rings is 1. The van der Waals surface area contributed by atoms with Gasteiger partial charge in [-0.2, -0.15) is 0 Å². The van der Waals surface area contributed by atoms with Gasteiger partial charge in [-0.15, -0.1) is 0 Å². The second kappa shape index (κ2) is 7.81. The van der Waals surface area contributed by atoms with Crippen LogP contribution in [0.2, 0.25) is 0 Å². The zero-order valence-electron chi connectivity index (χ0n) is 13.9. The first kappa shape index (κ1) is 16.3. The first-order chi connectivity index (χ1) is 10.2. The van der Waals surface area contributed by atoms with Crippen LogP contribution >= 0.6 is 0 Å². The lowest BCUT2D eigenvalue weighted by atomic mass is 9.98. The zero-order chi connectivity index (χ0) is 15.2. The van der Waals surface area contributed by atoms with Gasteiger partial charge in [0.15, 0.2) is 0 Å². The van der Waals surface area contributed by atoms with E-state index in [1.165, 1.54) is 18.4 Å². The molecule has 1 fully saturated rings. The monoisotopic (exact) mass is 290 g/mol. The number of methoxy groups -OCH3 is 1. The van der Waals surface area contributed by atoms with Crippen LogP contribution in [0, 0.1) is 5.92 Å². The molecule has 0 bridgehead atoms. The van der Waals surface area contributed by atoms with E-state index in [0.29, 0.717) is 12.1 Å². The number of nitrogens with one attached hydrogen (secondary N) is 1. The van der Waals surface area contributed by atoms with E-state index in [4.69, 9.17) is 4.74 Å². The molecule has 3 nitrogen and oxygen atoms in total. The number of para-hydroxylation sites is 1. The van der Waals surface area contributed by atoms with Gasteiger partial charge in [0, 0.05) is 30.7 Å². The van der Waals surface area contributed by atoms with Gasteiger partial charge in [0.1, 0.15) is 5.75 Å². The molecule has 1 aromatic carbocycles. The predicted octanol–water partition coefficient (Wildman–Crippen LogP) is 3.29. The summed E-state index contributed by atoms with van der Waals surface area (Å²) in [5.74, 6) is 1.72. The number of hydrogen-bond donors (Lipinski definition) is 1. The Morgan fingerprint density at radius 3 is 2.86 bits per heavy atom. The third kappa shape index (κ3) is 4.21. The minimum atomic E-state index is 0.592. The maximum atomic E-state index is 5.51. The Labute approximate surface area is 129 Å². The van der Waals surface area contributed by atoms with E-state index in [2.05, 4.69) is 49.2 Å². The van der Waals surface area contributed by atoms with Crippen LogP contribution in [0.1, 0.15) is 39.2 Å². The molecule has 0 aliphatic carbocycles. The summed E-state index contributed by atoms with van der Waals surface area (Å²) in [6.45, 7) is 10.2. The van der Waals surface area contributed by atoms with Crippen molar-refractivity contribution in [3.8, 4) is 5.75 Å². The van der Waals surface area contributed by atoms with Crippen molar-refractivity contribution in [2.24, 2.45) is 5.92 Å². The molecule has 1 N–H and O–H groups in total. The fraction of sp³-hybridized carbons (Fsp3) is 0.667. The maximum absolute atomic E-state index is 5.51. The van der Waals surface area contributed by atoms with Crippen molar-refractivity contribution in [1.82, 2.24) is 10.2 Å². The fourth-order valence-corrected chi connectivity index (χ4v) is 3.10. The predicted molar refractivity (Wildman–Crippen MR) is 88.7 cm³/mol. The average molecular weight is 290 g/mol. The lowest BCUT2D eigenvalue weighted by Gasteiger charge is -2.31. The molecule has 21 heavy (non-hydrogen) atoms. The van der Waals surface area contributed by atoms with Crippen molar-refractivity contribution >= 4 is 0 Å². The van der Waals surface area contributed by atoms with Crippen molar-refractivity contribution in [1.29, 1.82) is 0 Å². The van der Waals surface area contributed by atoms with E-state index in [0.717, 1.165) is 31.3 Å². The number of nitrogens with zero attached hydrogens (tertiary/aromatic N) is 1. The summed E-state index contributed by atoms with van der Waals surface area (Å²) in [4.78, 5) is 2.61. The zero-order valence-corrected chi connectivity index (χ0v) is 13.9. The van der Waals surface area contributed by atoms with Gasteiger partial charge in [0.2, 0.25) is 0 Å². The minimum absolute atomic E-state index is 0.592. The van der Waals surface area contributed by atoms with Gasteiger partial charge >= 0.3 is 0 Å². The normalized spacial score (nSPS) is 25.3. The van der Waals surface area contributed by atoms with Crippen LogP contribution in [-0.4, -0.2) is 37.2 Å². The Bertz CT molecular complexity index is 435. The summed E-state index contributed by atoms with van der Waals surface area (Å²) in [6.07, 6.45) is 2.44. The Morgan fingerprint density at radius 2 is 2.14 bits per heavy atom. The molecular formula is C18H30N2O. The highest BCUT2D eigenvalue weighted by Crippen LogP contribution is 2.23. The summed E-state index contributed by atoms with van der Waals surface area (Å²) in [5, 5.41) is 3.73. The van der Waals surface area contributed by atoms with Crippen LogP contribution in [0.4, 0.5) is 0 Å². The van der Waals surface area contributed by atoms with Gasteiger partial charge in [-0.05, 0) is 31.9 Å². The third-order valence-electron chi connectivity index (χ3n) is 4.92. The van der Waals surface area contributed by atoms with E-state index < -0.39 is 0 Å². The van der Waals surface area contributed by atoms with E-state index in [1.807, 2.05) is 6.07 Å². The van der Waals surface area contributed by atoms with Crippen molar-refractivity contribution in [2.75, 3.05) is 20.2 Å². The quantitative estimate of drug-likeness (QED) is 0.900. The van der Waals surface area contributed by atoms with Gasteiger partial charge in [-0.25, -0.2) is 0 Å². The van der Waals surface area contributed by atoms with Crippen molar-refractivity contribution < 1.29 is 4.74 Å². The van der Waals surface area contributed by atoms with Gasteiger partial charge < -0.3 is 10.1 Å². The molecule has 1 heterocycles. The molecule has 1 aromatic rings. The molecule has 0 saturated carbocycles. The van der Waals surface area contributed by atoms with Gasteiger partial charge in [-0.1, -0.05) is 38.5 Å². The highest BCUT2D eigenvalue weighted by Gasteiger charge is 2.26. The lowest BCUT2D eigenvalue weighted by Crippen LogP contribution is -2.43. The van der Waals surface area contributed by atoms with Crippen molar-refractivity contribution in [3.05, 3.63) is 29.8 Å². The van der Waals surface area contributed by atoms with Gasteiger partial charge in [0.25, 0.3) is 0 Å².